The number of hydrogen-bond donors (Lipinski definition) is 2. The Kier molecular flexibility index (Phi) is 4.36. The molecule has 1 aromatic heterocycles. The molecule has 0 aliphatic heterocycles. The number of nitrogens with one attached hydrogen (secondary N) is 1. The van der Waals surface area contributed by atoms with Crippen molar-refractivity contribution in [3.63, 3.8) is 0 Å². The second kappa shape index (κ2) is 6.41. The van der Waals surface area contributed by atoms with Crippen molar-refractivity contribution in [3.05, 3.63) is 52.4 Å². The third-order valence-electron chi connectivity index (χ3n) is 3.58. The molecule has 21 heavy (non-hydrogen) atoms. The number of aromatic nitrogens is 2. The highest BCUT2D eigenvalue weighted by Crippen LogP contribution is 2.38. The number of halogens is 1. The molecule has 0 atom stereocenters. The predicted molar refractivity (Wildman–Crippen MR) is 83.6 cm³/mol. The lowest BCUT2D eigenvalue weighted by atomic mass is 10.1. The van der Waals surface area contributed by atoms with Gasteiger partial charge in [-0.1, -0.05) is 35.9 Å². The molecule has 5 heteroatoms. The van der Waals surface area contributed by atoms with Crippen LogP contribution in [0.15, 0.2) is 30.3 Å². The number of aliphatic hydroxyl groups excluding tert-OH is 1. The minimum atomic E-state index is 0.0852. The Morgan fingerprint density at radius 3 is 2.52 bits per heavy atom. The fourth-order valence-electron chi connectivity index (χ4n) is 2.20. The van der Waals surface area contributed by atoms with Gasteiger partial charge in [0.15, 0.2) is 0 Å². The predicted octanol–water partition coefficient (Wildman–Crippen LogP) is 3.15. The molecule has 0 unspecified atom stereocenters. The molecule has 4 nitrogen and oxygen atoms in total. The first-order valence-corrected chi connectivity index (χ1v) is 7.59. The van der Waals surface area contributed by atoms with E-state index in [0.717, 1.165) is 43.0 Å². The summed E-state index contributed by atoms with van der Waals surface area (Å²) in [5, 5.41) is 12.8. The van der Waals surface area contributed by atoms with Crippen LogP contribution in [0.3, 0.4) is 0 Å². The van der Waals surface area contributed by atoms with Gasteiger partial charge in [-0.2, -0.15) is 0 Å². The standard InChI is InChI=1S/C16H18ClN3O/c17-14-9-15(20-16(19-14)13-5-6-13)18-8-7-11-1-3-12(10-21)4-2-11/h1-4,9,13,21H,5-8,10H2,(H,18,19,20). The lowest BCUT2D eigenvalue weighted by Gasteiger charge is -2.08. The van der Waals surface area contributed by atoms with Gasteiger partial charge in [-0.3, -0.25) is 0 Å². The van der Waals surface area contributed by atoms with Crippen molar-refractivity contribution in [1.29, 1.82) is 0 Å². The van der Waals surface area contributed by atoms with Crippen LogP contribution in [0.5, 0.6) is 0 Å². The molecule has 2 N–H and O–H groups in total. The topological polar surface area (TPSA) is 58.0 Å². The number of rotatable bonds is 6. The van der Waals surface area contributed by atoms with Crippen LogP contribution >= 0.6 is 11.6 Å². The second-order valence-electron chi connectivity index (χ2n) is 5.36. The van der Waals surface area contributed by atoms with Gasteiger partial charge in [0.2, 0.25) is 0 Å². The number of anilines is 1. The highest BCUT2D eigenvalue weighted by atomic mass is 35.5. The Hall–Kier alpha value is -1.65. The molecule has 0 saturated heterocycles. The van der Waals surface area contributed by atoms with Crippen molar-refractivity contribution in [2.75, 3.05) is 11.9 Å². The van der Waals surface area contributed by atoms with Gasteiger partial charge in [0.1, 0.15) is 16.8 Å². The average Bonchev–Trinajstić information content (AvgIpc) is 3.32. The molecule has 1 fully saturated rings. The average molecular weight is 304 g/mol. The number of nitrogens with zero attached hydrogens (tertiary/aromatic N) is 2. The normalized spacial score (nSPS) is 14.2. The molecular weight excluding hydrogens is 286 g/mol. The Labute approximate surface area is 129 Å². The number of benzene rings is 1. The lowest BCUT2D eigenvalue weighted by molar-refractivity contribution is 0.282. The molecule has 0 spiro atoms. The van der Waals surface area contributed by atoms with Gasteiger partial charge in [0.05, 0.1) is 6.61 Å². The van der Waals surface area contributed by atoms with Gasteiger partial charge in [-0.15, -0.1) is 0 Å². The van der Waals surface area contributed by atoms with E-state index in [2.05, 4.69) is 15.3 Å². The van der Waals surface area contributed by atoms with Gasteiger partial charge in [-0.05, 0) is 30.4 Å². The maximum absolute atomic E-state index is 9.02. The van der Waals surface area contributed by atoms with Crippen LogP contribution in [0.4, 0.5) is 5.82 Å². The molecule has 1 aromatic carbocycles. The fourth-order valence-corrected chi connectivity index (χ4v) is 2.39. The smallest absolute Gasteiger partial charge is 0.135 e. The summed E-state index contributed by atoms with van der Waals surface area (Å²) >= 11 is 6.04. The van der Waals surface area contributed by atoms with Crippen molar-refractivity contribution in [2.24, 2.45) is 0 Å². The van der Waals surface area contributed by atoms with Crippen molar-refractivity contribution in [2.45, 2.75) is 31.8 Å². The van der Waals surface area contributed by atoms with E-state index in [-0.39, 0.29) is 6.61 Å². The summed E-state index contributed by atoms with van der Waals surface area (Å²) in [6.45, 7) is 0.873. The summed E-state index contributed by atoms with van der Waals surface area (Å²) < 4.78 is 0. The lowest BCUT2D eigenvalue weighted by Crippen LogP contribution is -2.08. The zero-order valence-electron chi connectivity index (χ0n) is 11.7. The van der Waals surface area contributed by atoms with Gasteiger partial charge >= 0.3 is 0 Å². The van der Waals surface area contributed by atoms with Crippen molar-refractivity contribution < 1.29 is 5.11 Å². The van der Waals surface area contributed by atoms with E-state index >= 15 is 0 Å². The summed E-state index contributed by atoms with van der Waals surface area (Å²) in [6.07, 6.45) is 3.22. The molecule has 110 valence electrons. The van der Waals surface area contributed by atoms with Crippen LogP contribution in [-0.2, 0) is 13.0 Å². The van der Waals surface area contributed by atoms with Crippen LogP contribution in [0.25, 0.3) is 0 Å². The maximum atomic E-state index is 9.02. The highest BCUT2D eigenvalue weighted by Gasteiger charge is 2.27. The summed E-state index contributed by atoms with van der Waals surface area (Å²) in [6, 6.07) is 9.73. The molecule has 0 amide bonds. The Balaban J connectivity index is 1.57. The van der Waals surface area contributed by atoms with Crippen LogP contribution in [0.1, 0.15) is 35.7 Å². The van der Waals surface area contributed by atoms with Crippen molar-refractivity contribution >= 4 is 17.4 Å². The van der Waals surface area contributed by atoms with Crippen molar-refractivity contribution in [1.82, 2.24) is 9.97 Å². The SMILES string of the molecule is OCc1ccc(CCNc2cc(Cl)nc(C3CC3)n2)cc1. The minimum Gasteiger partial charge on any atom is -0.392 e. The summed E-state index contributed by atoms with van der Waals surface area (Å²) in [4.78, 5) is 8.79. The van der Waals surface area contributed by atoms with E-state index in [1.807, 2.05) is 24.3 Å². The van der Waals surface area contributed by atoms with E-state index < -0.39 is 0 Å². The monoisotopic (exact) mass is 303 g/mol. The van der Waals surface area contributed by atoms with E-state index in [9.17, 15) is 0 Å². The molecule has 1 saturated carbocycles. The van der Waals surface area contributed by atoms with Gasteiger partial charge < -0.3 is 10.4 Å². The highest BCUT2D eigenvalue weighted by molar-refractivity contribution is 6.29. The van der Waals surface area contributed by atoms with Gasteiger partial charge in [-0.25, -0.2) is 9.97 Å². The first-order valence-electron chi connectivity index (χ1n) is 7.21. The van der Waals surface area contributed by atoms with Crippen LogP contribution in [-0.4, -0.2) is 21.6 Å². The molecule has 0 radical (unpaired) electrons. The van der Waals surface area contributed by atoms with Gasteiger partial charge in [0, 0.05) is 18.5 Å². The molecule has 1 aliphatic rings. The van der Waals surface area contributed by atoms with Crippen molar-refractivity contribution in [3.8, 4) is 0 Å². The Morgan fingerprint density at radius 2 is 1.86 bits per heavy atom. The third-order valence-corrected chi connectivity index (χ3v) is 3.77. The van der Waals surface area contributed by atoms with E-state index in [0.29, 0.717) is 11.1 Å². The van der Waals surface area contributed by atoms with Gasteiger partial charge in [0.25, 0.3) is 0 Å². The second-order valence-corrected chi connectivity index (χ2v) is 5.75. The van der Waals surface area contributed by atoms with E-state index in [4.69, 9.17) is 16.7 Å². The largest absolute Gasteiger partial charge is 0.392 e. The zero-order valence-corrected chi connectivity index (χ0v) is 12.5. The Bertz CT molecular complexity index is 611. The fraction of sp³-hybridized carbons (Fsp3) is 0.375. The minimum absolute atomic E-state index is 0.0852. The summed E-state index contributed by atoms with van der Waals surface area (Å²) in [7, 11) is 0. The van der Waals surface area contributed by atoms with Crippen LogP contribution in [0, 0.1) is 0 Å². The molecule has 2 aromatic rings. The third kappa shape index (κ3) is 3.93. The first-order chi connectivity index (χ1) is 10.2. The molecule has 0 bridgehead atoms. The van der Waals surface area contributed by atoms with Crippen LogP contribution < -0.4 is 5.32 Å². The maximum Gasteiger partial charge on any atom is 0.135 e. The first kappa shape index (κ1) is 14.3. The summed E-state index contributed by atoms with van der Waals surface area (Å²) in [5.74, 6) is 2.15. The van der Waals surface area contributed by atoms with E-state index in [1.54, 1.807) is 6.07 Å². The van der Waals surface area contributed by atoms with Crippen LogP contribution in [0.2, 0.25) is 5.15 Å². The number of aliphatic hydroxyl groups is 1. The Morgan fingerprint density at radius 1 is 1.14 bits per heavy atom. The molecule has 3 rings (SSSR count). The molecular formula is C16H18ClN3O. The molecule has 1 aliphatic carbocycles. The zero-order chi connectivity index (χ0) is 14.7. The summed E-state index contributed by atoms with van der Waals surface area (Å²) in [5.41, 5.74) is 2.16. The number of hydrogen-bond acceptors (Lipinski definition) is 4. The quantitative estimate of drug-likeness (QED) is 0.805. The molecule has 1 heterocycles. The van der Waals surface area contributed by atoms with E-state index in [1.165, 1.54) is 5.56 Å².